The molecule has 0 N–H and O–H groups in total. The average molecular weight is 312 g/mol. The summed E-state index contributed by atoms with van der Waals surface area (Å²) in [7, 11) is 0. The Balaban J connectivity index is 2.07. The highest BCUT2D eigenvalue weighted by molar-refractivity contribution is 6.37. The summed E-state index contributed by atoms with van der Waals surface area (Å²) in [6, 6.07) is 6.30. The number of anilines is 1. The van der Waals surface area contributed by atoms with Crippen LogP contribution in [0.1, 0.15) is 12.8 Å². The number of halogens is 3. The van der Waals surface area contributed by atoms with Gasteiger partial charge >= 0.3 is 0 Å². The van der Waals surface area contributed by atoms with Crippen LogP contribution in [0.4, 0.5) is 10.3 Å². The summed E-state index contributed by atoms with van der Waals surface area (Å²) in [5.74, 6) is 0.117. The topological polar surface area (TPSA) is 29.0 Å². The molecule has 1 aromatic heterocycles. The summed E-state index contributed by atoms with van der Waals surface area (Å²) in [5, 5.41) is 0.356. The molecular formula is C14H12Cl2FN3. The molecule has 2 aromatic rings. The molecule has 2 heterocycles. The number of nitrogens with zero attached hydrogens (tertiary/aromatic N) is 3. The van der Waals surface area contributed by atoms with Gasteiger partial charge in [-0.3, -0.25) is 0 Å². The lowest BCUT2D eigenvalue weighted by atomic mass is 10.1. The van der Waals surface area contributed by atoms with E-state index in [1.807, 2.05) is 4.90 Å². The number of hydrogen-bond donors (Lipinski definition) is 0. The smallest absolute Gasteiger partial charge is 0.228 e. The van der Waals surface area contributed by atoms with Crippen molar-refractivity contribution in [1.82, 2.24) is 9.97 Å². The molecule has 1 aromatic carbocycles. The van der Waals surface area contributed by atoms with Crippen LogP contribution in [0.25, 0.3) is 11.1 Å². The van der Waals surface area contributed by atoms with E-state index < -0.39 is 5.82 Å². The van der Waals surface area contributed by atoms with Crippen molar-refractivity contribution in [3.05, 3.63) is 40.4 Å². The maximum Gasteiger partial charge on any atom is 0.228 e. The number of aromatic nitrogens is 2. The fourth-order valence-corrected chi connectivity index (χ4v) is 2.92. The molecule has 1 aliphatic rings. The second-order valence-electron chi connectivity index (χ2n) is 4.65. The highest BCUT2D eigenvalue weighted by Gasteiger charge is 2.21. The third-order valence-electron chi connectivity index (χ3n) is 3.34. The maximum absolute atomic E-state index is 13.9. The maximum atomic E-state index is 13.9. The van der Waals surface area contributed by atoms with E-state index in [0.29, 0.717) is 17.1 Å². The van der Waals surface area contributed by atoms with Crippen LogP contribution in [0.3, 0.4) is 0 Å². The van der Waals surface area contributed by atoms with Crippen molar-refractivity contribution >= 4 is 29.2 Å². The molecular weight excluding hydrogens is 300 g/mol. The van der Waals surface area contributed by atoms with Crippen LogP contribution in [-0.2, 0) is 0 Å². The Kier molecular flexibility index (Phi) is 3.76. The molecule has 3 rings (SSSR count). The molecule has 0 radical (unpaired) electrons. The van der Waals surface area contributed by atoms with Gasteiger partial charge in [0.2, 0.25) is 5.95 Å². The van der Waals surface area contributed by atoms with Crippen molar-refractivity contribution in [2.75, 3.05) is 18.0 Å². The Morgan fingerprint density at radius 3 is 2.20 bits per heavy atom. The van der Waals surface area contributed by atoms with Crippen LogP contribution in [0.5, 0.6) is 0 Å². The zero-order valence-corrected chi connectivity index (χ0v) is 12.1. The first kappa shape index (κ1) is 13.6. The average Bonchev–Trinajstić information content (AvgIpc) is 2.94. The van der Waals surface area contributed by atoms with E-state index in [1.165, 1.54) is 6.07 Å². The summed E-state index contributed by atoms with van der Waals surface area (Å²) in [6.07, 6.45) is 2.21. The zero-order valence-electron chi connectivity index (χ0n) is 10.6. The van der Waals surface area contributed by atoms with Gasteiger partial charge in [-0.25, -0.2) is 14.4 Å². The second kappa shape index (κ2) is 5.54. The monoisotopic (exact) mass is 311 g/mol. The Morgan fingerprint density at radius 2 is 1.60 bits per heavy atom. The molecule has 3 nitrogen and oxygen atoms in total. The van der Waals surface area contributed by atoms with Gasteiger partial charge in [0, 0.05) is 18.7 Å². The van der Waals surface area contributed by atoms with E-state index in [9.17, 15) is 4.39 Å². The van der Waals surface area contributed by atoms with E-state index in [0.717, 1.165) is 25.9 Å². The summed E-state index contributed by atoms with van der Waals surface area (Å²) >= 11 is 12.4. The standard InChI is InChI=1S/C14H12Cl2FN3/c15-12-11(9-5-1-2-6-10(9)17)13(16)19-14(18-12)20-7-3-4-8-20/h1-2,5-6H,3-4,7-8H2. The first-order valence-electron chi connectivity index (χ1n) is 6.39. The Bertz CT molecular complexity index is 619. The number of benzene rings is 1. The molecule has 1 aliphatic heterocycles. The van der Waals surface area contributed by atoms with Gasteiger partial charge in [0.05, 0.1) is 5.56 Å². The Labute approximate surface area is 126 Å². The van der Waals surface area contributed by atoms with Gasteiger partial charge in [-0.15, -0.1) is 0 Å². The molecule has 0 atom stereocenters. The molecule has 0 bridgehead atoms. The third-order valence-corrected chi connectivity index (χ3v) is 3.89. The molecule has 1 fully saturated rings. The first-order valence-corrected chi connectivity index (χ1v) is 7.15. The largest absolute Gasteiger partial charge is 0.341 e. The van der Waals surface area contributed by atoms with Gasteiger partial charge < -0.3 is 4.90 Å². The van der Waals surface area contributed by atoms with Crippen molar-refractivity contribution in [1.29, 1.82) is 0 Å². The molecule has 6 heteroatoms. The molecule has 20 heavy (non-hydrogen) atoms. The molecule has 0 aliphatic carbocycles. The predicted octanol–water partition coefficient (Wildman–Crippen LogP) is 4.19. The van der Waals surface area contributed by atoms with Gasteiger partial charge in [0.15, 0.2) is 0 Å². The fourth-order valence-electron chi connectivity index (χ4n) is 2.34. The molecule has 0 amide bonds. The molecule has 0 unspecified atom stereocenters. The number of rotatable bonds is 2. The summed E-state index contributed by atoms with van der Waals surface area (Å²) in [6.45, 7) is 1.79. The minimum atomic E-state index is -0.395. The lowest BCUT2D eigenvalue weighted by Crippen LogP contribution is -2.20. The molecule has 104 valence electrons. The zero-order chi connectivity index (χ0) is 14.1. The highest BCUT2D eigenvalue weighted by atomic mass is 35.5. The minimum absolute atomic E-state index is 0.178. The minimum Gasteiger partial charge on any atom is -0.341 e. The van der Waals surface area contributed by atoms with Crippen molar-refractivity contribution in [2.45, 2.75) is 12.8 Å². The van der Waals surface area contributed by atoms with Crippen LogP contribution in [-0.4, -0.2) is 23.1 Å². The normalized spacial score (nSPS) is 14.8. The van der Waals surface area contributed by atoms with E-state index >= 15 is 0 Å². The summed E-state index contributed by atoms with van der Waals surface area (Å²) in [4.78, 5) is 10.6. The van der Waals surface area contributed by atoms with Crippen LogP contribution in [0, 0.1) is 5.82 Å². The van der Waals surface area contributed by atoms with Crippen molar-refractivity contribution in [3.8, 4) is 11.1 Å². The van der Waals surface area contributed by atoms with E-state index in [-0.39, 0.29) is 10.3 Å². The van der Waals surface area contributed by atoms with E-state index in [2.05, 4.69) is 9.97 Å². The first-order chi connectivity index (χ1) is 9.66. The van der Waals surface area contributed by atoms with Crippen LogP contribution in [0.2, 0.25) is 10.3 Å². The predicted molar refractivity (Wildman–Crippen MR) is 78.9 cm³/mol. The van der Waals surface area contributed by atoms with Crippen molar-refractivity contribution < 1.29 is 4.39 Å². The van der Waals surface area contributed by atoms with Crippen LogP contribution < -0.4 is 4.90 Å². The Hall–Kier alpha value is -1.39. The van der Waals surface area contributed by atoms with Crippen molar-refractivity contribution in [2.24, 2.45) is 0 Å². The van der Waals surface area contributed by atoms with Gasteiger partial charge in [0.25, 0.3) is 0 Å². The van der Waals surface area contributed by atoms with Crippen LogP contribution in [0.15, 0.2) is 24.3 Å². The summed E-state index contributed by atoms with van der Waals surface area (Å²) in [5.41, 5.74) is 0.657. The van der Waals surface area contributed by atoms with Gasteiger partial charge in [0.1, 0.15) is 16.1 Å². The molecule has 1 saturated heterocycles. The molecule has 0 saturated carbocycles. The van der Waals surface area contributed by atoms with E-state index in [1.54, 1.807) is 18.2 Å². The van der Waals surface area contributed by atoms with Crippen molar-refractivity contribution in [3.63, 3.8) is 0 Å². The molecule has 0 spiro atoms. The lowest BCUT2D eigenvalue weighted by Gasteiger charge is -2.17. The van der Waals surface area contributed by atoms with Gasteiger partial charge in [-0.1, -0.05) is 41.4 Å². The lowest BCUT2D eigenvalue weighted by molar-refractivity contribution is 0.631. The van der Waals surface area contributed by atoms with Gasteiger partial charge in [-0.05, 0) is 18.9 Å². The van der Waals surface area contributed by atoms with Crippen LogP contribution >= 0.6 is 23.2 Å². The Morgan fingerprint density at radius 1 is 1.00 bits per heavy atom. The number of hydrogen-bond acceptors (Lipinski definition) is 3. The summed E-state index contributed by atoms with van der Waals surface area (Å²) < 4.78 is 13.9. The quantitative estimate of drug-likeness (QED) is 0.779. The fraction of sp³-hybridized carbons (Fsp3) is 0.286. The second-order valence-corrected chi connectivity index (χ2v) is 5.37. The SMILES string of the molecule is Fc1ccccc1-c1c(Cl)nc(N2CCCC2)nc1Cl. The third kappa shape index (κ3) is 2.45. The van der Waals surface area contributed by atoms with Gasteiger partial charge in [-0.2, -0.15) is 0 Å². The van der Waals surface area contributed by atoms with E-state index in [4.69, 9.17) is 23.2 Å². The highest BCUT2D eigenvalue weighted by Crippen LogP contribution is 2.35.